The van der Waals surface area contributed by atoms with Gasteiger partial charge in [-0.2, -0.15) is 0 Å². The minimum absolute atomic E-state index is 0.317. The van der Waals surface area contributed by atoms with E-state index in [0.29, 0.717) is 13.4 Å². The lowest BCUT2D eigenvalue weighted by Gasteiger charge is -2.35. The fourth-order valence-electron chi connectivity index (χ4n) is 3.90. The Kier molecular flexibility index (Phi) is 5.22. The first kappa shape index (κ1) is 18.3. The molecule has 1 aromatic heterocycles. The number of aromatic nitrogens is 1. The van der Waals surface area contributed by atoms with Crippen molar-refractivity contribution < 1.29 is 9.47 Å². The maximum atomic E-state index is 6.30. The summed E-state index contributed by atoms with van der Waals surface area (Å²) in [6.45, 7) is 6.82. The summed E-state index contributed by atoms with van der Waals surface area (Å²) in [6.07, 6.45) is 0. The summed E-state index contributed by atoms with van der Waals surface area (Å²) in [5, 5.41) is 1.95. The van der Waals surface area contributed by atoms with Crippen LogP contribution < -0.4 is 4.74 Å². The molecule has 0 N–H and O–H groups in total. The van der Waals surface area contributed by atoms with E-state index >= 15 is 0 Å². The summed E-state index contributed by atoms with van der Waals surface area (Å²) in [5.74, 6) is 0.951. The molecule has 0 aliphatic carbocycles. The third-order valence-corrected chi connectivity index (χ3v) is 6.55. The van der Waals surface area contributed by atoms with E-state index in [4.69, 9.17) is 26.1 Å². The maximum absolute atomic E-state index is 6.30. The molecule has 0 spiro atoms. The van der Waals surface area contributed by atoms with E-state index in [-0.39, 0.29) is 0 Å². The van der Waals surface area contributed by atoms with Crippen LogP contribution in [-0.2, 0) is 24.4 Å². The molecule has 1 saturated heterocycles. The number of benzene rings is 2. The Labute approximate surface area is 173 Å². The molecule has 0 saturated carbocycles. The van der Waals surface area contributed by atoms with E-state index in [1.807, 2.05) is 12.1 Å². The Morgan fingerprint density at radius 2 is 1.82 bits per heavy atom. The molecular formula is C21H22ClN3O2S. The monoisotopic (exact) mass is 415 g/mol. The third kappa shape index (κ3) is 3.88. The van der Waals surface area contributed by atoms with Crippen LogP contribution in [0.1, 0.15) is 16.1 Å². The van der Waals surface area contributed by atoms with Crippen molar-refractivity contribution in [3.63, 3.8) is 0 Å². The van der Waals surface area contributed by atoms with Gasteiger partial charge in [-0.15, -0.1) is 11.3 Å². The number of piperazine rings is 1. The van der Waals surface area contributed by atoms with Crippen molar-refractivity contribution in [3.8, 4) is 5.75 Å². The van der Waals surface area contributed by atoms with Crippen LogP contribution in [0.5, 0.6) is 5.75 Å². The topological polar surface area (TPSA) is 37.8 Å². The van der Waals surface area contributed by atoms with Crippen molar-refractivity contribution in [2.45, 2.75) is 19.7 Å². The largest absolute Gasteiger partial charge is 0.467 e. The lowest BCUT2D eigenvalue weighted by molar-refractivity contribution is -0.0176. The number of nitrogens with zero attached hydrogens (tertiary/aromatic N) is 3. The number of para-hydroxylation sites is 1. The first-order valence-corrected chi connectivity index (χ1v) is 10.7. The average Bonchev–Trinajstić information content (AvgIpc) is 3.11. The number of halogens is 1. The van der Waals surface area contributed by atoms with Crippen molar-refractivity contribution in [2.75, 3.05) is 33.0 Å². The molecule has 0 radical (unpaired) electrons. The molecule has 28 heavy (non-hydrogen) atoms. The first-order valence-electron chi connectivity index (χ1n) is 9.55. The highest BCUT2D eigenvalue weighted by atomic mass is 35.5. The van der Waals surface area contributed by atoms with Gasteiger partial charge in [0, 0.05) is 48.9 Å². The zero-order valence-corrected chi connectivity index (χ0v) is 17.1. The van der Waals surface area contributed by atoms with Crippen LogP contribution in [0.15, 0.2) is 36.4 Å². The van der Waals surface area contributed by atoms with Gasteiger partial charge in [0.1, 0.15) is 10.8 Å². The Morgan fingerprint density at radius 3 is 2.64 bits per heavy atom. The number of fused-ring (bicyclic) bond motifs is 2. The molecule has 5 nitrogen and oxygen atoms in total. The highest BCUT2D eigenvalue weighted by molar-refractivity contribution is 7.18. The minimum Gasteiger partial charge on any atom is -0.467 e. The molecule has 3 heterocycles. The van der Waals surface area contributed by atoms with Gasteiger partial charge < -0.3 is 9.47 Å². The third-order valence-electron chi connectivity index (χ3n) is 5.31. The SMILES string of the molecule is Clc1cc2c(c(CN3CCN(Cc4nc5ccccc5s4)CC3)c1)OCOC2. The van der Waals surface area contributed by atoms with Gasteiger partial charge in [0.05, 0.1) is 23.4 Å². The van der Waals surface area contributed by atoms with E-state index in [1.54, 1.807) is 11.3 Å². The maximum Gasteiger partial charge on any atom is 0.189 e. The number of hydrogen-bond acceptors (Lipinski definition) is 6. The lowest BCUT2D eigenvalue weighted by Crippen LogP contribution is -2.45. The van der Waals surface area contributed by atoms with Crippen LogP contribution in [0.3, 0.4) is 0 Å². The van der Waals surface area contributed by atoms with E-state index in [1.165, 1.54) is 9.71 Å². The van der Waals surface area contributed by atoms with Crippen LogP contribution in [-0.4, -0.2) is 47.8 Å². The summed E-state index contributed by atoms with van der Waals surface area (Å²) in [7, 11) is 0. The number of thiazole rings is 1. The molecule has 5 rings (SSSR count). The molecule has 2 aliphatic heterocycles. The van der Waals surface area contributed by atoms with Crippen molar-refractivity contribution in [1.82, 2.24) is 14.8 Å². The van der Waals surface area contributed by atoms with E-state index in [2.05, 4.69) is 34.1 Å². The lowest BCUT2D eigenvalue weighted by atomic mass is 10.1. The summed E-state index contributed by atoms with van der Waals surface area (Å²) >= 11 is 8.10. The molecule has 2 aliphatic rings. The van der Waals surface area contributed by atoms with Gasteiger partial charge in [-0.25, -0.2) is 4.98 Å². The second kappa shape index (κ2) is 7.97. The highest BCUT2D eigenvalue weighted by Crippen LogP contribution is 2.32. The van der Waals surface area contributed by atoms with Crippen molar-refractivity contribution >= 4 is 33.2 Å². The van der Waals surface area contributed by atoms with Gasteiger partial charge in [0.2, 0.25) is 0 Å². The fourth-order valence-corrected chi connectivity index (χ4v) is 5.17. The van der Waals surface area contributed by atoms with Crippen LogP contribution in [0, 0.1) is 0 Å². The van der Waals surface area contributed by atoms with Gasteiger partial charge >= 0.3 is 0 Å². The van der Waals surface area contributed by atoms with Crippen LogP contribution in [0.2, 0.25) is 5.02 Å². The number of hydrogen-bond donors (Lipinski definition) is 0. The van der Waals surface area contributed by atoms with Gasteiger partial charge in [0.15, 0.2) is 6.79 Å². The number of ether oxygens (including phenoxy) is 2. The second-order valence-corrected chi connectivity index (χ2v) is 8.84. The Morgan fingerprint density at radius 1 is 1.04 bits per heavy atom. The Balaban J connectivity index is 1.21. The van der Waals surface area contributed by atoms with Crippen molar-refractivity contribution in [1.29, 1.82) is 0 Å². The zero-order valence-electron chi connectivity index (χ0n) is 15.6. The van der Waals surface area contributed by atoms with E-state index in [0.717, 1.165) is 66.7 Å². The predicted molar refractivity (Wildman–Crippen MR) is 112 cm³/mol. The zero-order chi connectivity index (χ0) is 18.9. The van der Waals surface area contributed by atoms with Crippen LogP contribution in [0.4, 0.5) is 0 Å². The molecule has 0 atom stereocenters. The van der Waals surface area contributed by atoms with Gasteiger partial charge in [0.25, 0.3) is 0 Å². The van der Waals surface area contributed by atoms with Gasteiger partial charge in [-0.3, -0.25) is 9.80 Å². The summed E-state index contributed by atoms with van der Waals surface area (Å²) < 4.78 is 12.4. The van der Waals surface area contributed by atoms with Crippen LogP contribution >= 0.6 is 22.9 Å². The quantitative estimate of drug-likeness (QED) is 0.640. The summed E-state index contributed by atoms with van der Waals surface area (Å²) in [5.41, 5.74) is 3.31. The van der Waals surface area contributed by atoms with Gasteiger partial charge in [-0.1, -0.05) is 23.7 Å². The molecule has 3 aromatic rings. The van der Waals surface area contributed by atoms with E-state index < -0.39 is 0 Å². The Bertz CT molecular complexity index is 952. The smallest absolute Gasteiger partial charge is 0.189 e. The molecular weight excluding hydrogens is 394 g/mol. The van der Waals surface area contributed by atoms with E-state index in [9.17, 15) is 0 Å². The molecule has 0 amide bonds. The average molecular weight is 416 g/mol. The molecule has 0 unspecified atom stereocenters. The van der Waals surface area contributed by atoms with Crippen molar-refractivity contribution in [2.24, 2.45) is 0 Å². The summed E-state index contributed by atoms with van der Waals surface area (Å²) in [4.78, 5) is 9.74. The molecule has 2 aromatic carbocycles. The fraction of sp³-hybridized carbons (Fsp3) is 0.381. The molecule has 146 valence electrons. The molecule has 7 heteroatoms. The Hall–Kier alpha value is -1.70. The normalized spacial score (nSPS) is 18.2. The van der Waals surface area contributed by atoms with Crippen molar-refractivity contribution in [3.05, 3.63) is 57.6 Å². The number of rotatable bonds is 4. The molecule has 1 fully saturated rings. The van der Waals surface area contributed by atoms with Gasteiger partial charge in [-0.05, 0) is 24.3 Å². The minimum atomic E-state index is 0.317. The van der Waals surface area contributed by atoms with Crippen LogP contribution in [0.25, 0.3) is 10.2 Å². The standard InChI is InChI=1S/C21H22ClN3O2S/c22-17-9-15(21-16(10-17)13-26-14-27-21)11-24-5-7-25(8-6-24)12-20-23-18-3-1-2-4-19(18)28-20/h1-4,9-10H,5-8,11-14H2. The molecule has 0 bridgehead atoms. The highest BCUT2D eigenvalue weighted by Gasteiger charge is 2.22. The predicted octanol–water partition coefficient (Wildman–Crippen LogP) is 4.13. The first-order chi connectivity index (χ1) is 13.7. The second-order valence-electron chi connectivity index (χ2n) is 7.29. The summed E-state index contributed by atoms with van der Waals surface area (Å²) in [6, 6.07) is 12.3.